The number of carbonyl (C=O) groups is 1. The molecule has 1 aromatic heterocycles. The molecular formula is C38H34FN3O2S. The average molecular weight is 616 g/mol. The topological polar surface area (TPSA) is 89.8 Å². The summed E-state index contributed by atoms with van der Waals surface area (Å²) in [6.45, 7) is 3.61. The number of fused-ring (bicyclic) bond motifs is 1. The smallest absolute Gasteiger partial charge is 0.306 e. The highest BCUT2D eigenvalue weighted by atomic mass is 32.2. The van der Waals surface area contributed by atoms with Crippen LogP contribution in [0, 0.1) is 35.5 Å². The van der Waals surface area contributed by atoms with Crippen molar-refractivity contribution >= 4 is 28.8 Å². The van der Waals surface area contributed by atoms with E-state index in [1.165, 1.54) is 0 Å². The maximum atomic E-state index is 14.1. The number of aliphatic carboxylic acids is 1. The summed E-state index contributed by atoms with van der Waals surface area (Å²) in [6.07, 6.45) is 7.23. The second-order valence-electron chi connectivity index (χ2n) is 12.1. The van der Waals surface area contributed by atoms with E-state index in [-0.39, 0.29) is 11.8 Å². The predicted molar refractivity (Wildman–Crippen MR) is 178 cm³/mol. The van der Waals surface area contributed by atoms with Gasteiger partial charge in [-0.05, 0) is 112 Å². The Morgan fingerprint density at radius 1 is 0.956 bits per heavy atom. The first kappa shape index (κ1) is 30.4. The lowest BCUT2D eigenvalue weighted by molar-refractivity contribution is -0.142. The number of carboxylic acids is 1. The highest BCUT2D eigenvalue weighted by molar-refractivity contribution is 8.01. The summed E-state index contributed by atoms with van der Waals surface area (Å²) in [5.41, 5.74) is 8.18. The molecule has 6 rings (SSSR count). The molecule has 226 valence electrons. The summed E-state index contributed by atoms with van der Waals surface area (Å²) < 4.78 is 16.3. The quantitative estimate of drug-likeness (QED) is 0.223. The van der Waals surface area contributed by atoms with E-state index in [0.29, 0.717) is 36.0 Å². The number of hydrogen-bond acceptors (Lipinski definition) is 4. The normalized spacial score (nSPS) is 18.9. The molecule has 1 atom stereocenters. The van der Waals surface area contributed by atoms with Crippen LogP contribution in [0.1, 0.15) is 73.6 Å². The molecule has 1 saturated carbocycles. The monoisotopic (exact) mass is 615 g/mol. The zero-order chi connectivity index (χ0) is 31.7. The number of nitriles is 2. The molecule has 4 aromatic rings. The fourth-order valence-electron chi connectivity index (χ4n) is 6.77. The van der Waals surface area contributed by atoms with Crippen molar-refractivity contribution in [3.8, 4) is 34.5 Å². The molecule has 3 aromatic carbocycles. The third kappa shape index (κ3) is 5.93. The third-order valence-electron chi connectivity index (χ3n) is 9.21. The summed E-state index contributed by atoms with van der Waals surface area (Å²) in [5.74, 6) is -0.748. The van der Waals surface area contributed by atoms with Gasteiger partial charge >= 0.3 is 5.97 Å². The third-order valence-corrected chi connectivity index (χ3v) is 10.3. The summed E-state index contributed by atoms with van der Waals surface area (Å²) >= 11 is 1.60. The van der Waals surface area contributed by atoms with Crippen LogP contribution in [0.4, 0.5) is 4.39 Å². The van der Waals surface area contributed by atoms with Crippen molar-refractivity contribution in [2.24, 2.45) is 5.92 Å². The standard InChI is InChI=1S/C38H34FN3O2S/c1-23-9-18-34-33(19-23)36(35-30(21-40)7-4-8-31(35)22-41)37(42(34)45-32-16-14-25(15-17-32)24(2)39)29-6-3-5-28(20-29)26-10-12-27(13-11-26)38(43)44/h3-9,14,16,18-20,24,26-27H,10-13,15,17H2,1-2H3,(H,43,44). The van der Waals surface area contributed by atoms with Crippen LogP contribution < -0.4 is 0 Å². The molecule has 7 heteroatoms. The number of benzene rings is 3. The lowest BCUT2D eigenvalue weighted by Gasteiger charge is -2.27. The van der Waals surface area contributed by atoms with E-state index < -0.39 is 12.1 Å². The molecule has 2 aliphatic rings. The van der Waals surface area contributed by atoms with Gasteiger partial charge in [-0.25, -0.2) is 4.39 Å². The van der Waals surface area contributed by atoms with E-state index in [0.717, 1.165) is 68.6 Å². The van der Waals surface area contributed by atoms with Gasteiger partial charge in [0.25, 0.3) is 0 Å². The molecule has 0 amide bonds. The molecule has 1 heterocycles. The van der Waals surface area contributed by atoms with Crippen molar-refractivity contribution in [1.82, 2.24) is 3.97 Å². The largest absolute Gasteiger partial charge is 0.481 e. The summed E-state index contributed by atoms with van der Waals surface area (Å²) in [5, 5.41) is 31.0. The molecule has 0 bridgehead atoms. The van der Waals surface area contributed by atoms with Crippen molar-refractivity contribution in [2.45, 2.75) is 64.5 Å². The number of carboxylic acid groups (broad SMARTS) is 1. The summed E-state index contributed by atoms with van der Waals surface area (Å²) in [7, 11) is 0. The average Bonchev–Trinajstić information content (AvgIpc) is 3.36. The van der Waals surface area contributed by atoms with Gasteiger partial charge in [0.1, 0.15) is 6.17 Å². The molecule has 0 saturated heterocycles. The first-order valence-corrected chi connectivity index (χ1v) is 16.2. The van der Waals surface area contributed by atoms with Crippen LogP contribution in [0.25, 0.3) is 33.3 Å². The molecule has 0 spiro atoms. The Balaban J connectivity index is 1.59. The Labute approximate surface area is 267 Å². The number of aromatic nitrogens is 1. The minimum absolute atomic E-state index is 0.255. The molecule has 1 unspecified atom stereocenters. The van der Waals surface area contributed by atoms with Gasteiger partial charge in [-0.15, -0.1) is 0 Å². The Bertz CT molecular complexity index is 1920. The predicted octanol–water partition coefficient (Wildman–Crippen LogP) is 9.84. The zero-order valence-electron chi connectivity index (χ0n) is 25.4. The second-order valence-corrected chi connectivity index (χ2v) is 13.2. The Kier molecular flexibility index (Phi) is 8.65. The van der Waals surface area contributed by atoms with Gasteiger partial charge in [0.15, 0.2) is 0 Å². The number of nitrogens with zero attached hydrogens (tertiary/aromatic N) is 3. The van der Waals surface area contributed by atoms with Gasteiger partial charge in [0, 0.05) is 27.0 Å². The minimum atomic E-state index is -0.981. The Morgan fingerprint density at radius 2 is 1.67 bits per heavy atom. The van der Waals surface area contributed by atoms with Gasteiger partial charge in [-0.2, -0.15) is 10.5 Å². The maximum Gasteiger partial charge on any atom is 0.306 e. The van der Waals surface area contributed by atoms with E-state index >= 15 is 0 Å². The summed E-state index contributed by atoms with van der Waals surface area (Å²) in [4.78, 5) is 12.7. The van der Waals surface area contributed by atoms with Crippen LogP contribution in [-0.2, 0) is 4.79 Å². The Hall–Kier alpha value is -4.59. The first-order valence-electron chi connectivity index (χ1n) is 15.4. The van der Waals surface area contributed by atoms with E-state index in [4.69, 9.17) is 0 Å². The van der Waals surface area contributed by atoms with Crippen molar-refractivity contribution in [3.05, 3.63) is 106 Å². The zero-order valence-corrected chi connectivity index (χ0v) is 26.2. The van der Waals surface area contributed by atoms with Crippen molar-refractivity contribution in [3.63, 3.8) is 0 Å². The number of aryl methyl sites for hydroxylation is 1. The molecular weight excluding hydrogens is 582 g/mol. The Morgan fingerprint density at radius 3 is 2.29 bits per heavy atom. The van der Waals surface area contributed by atoms with Gasteiger partial charge in [0.05, 0.1) is 40.4 Å². The number of hydrogen-bond donors (Lipinski definition) is 1. The summed E-state index contributed by atoms with van der Waals surface area (Å²) in [6, 6.07) is 24.7. The fraction of sp³-hybridized carbons (Fsp3) is 0.289. The molecule has 1 fully saturated rings. The van der Waals surface area contributed by atoms with Crippen LogP contribution in [-0.4, -0.2) is 21.2 Å². The van der Waals surface area contributed by atoms with Gasteiger partial charge < -0.3 is 5.11 Å². The lowest BCUT2D eigenvalue weighted by atomic mass is 9.78. The van der Waals surface area contributed by atoms with E-state index in [9.17, 15) is 24.8 Å². The van der Waals surface area contributed by atoms with E-state index in [2.05, 4.69) is 58.6 Å². The molecule has 5 nitrogen and oxygen atoms in total. The van der Waals surface area contributed by atoms with Crippen molar-refractivity contribution in [2.75, 3.05) is 0 Å². The number of allylic oxidation sites excluding steroid dienone is 4. The molecule has 0 radical (unpaired) electrons. The number of alkyl halides is 1. The molecule has 1 N–H and O–H groups in total. The van der Waals surface area contributed by atoms with Crippen molar-refractivity contribution < 1.29 is 14.3 Å². The highest BCUT2D eigenvalue weighted by Gasteiger charge is 2.29. The molecule has 0 aliphatic heterocycles. The van der Waals surface area contributed by atoms with Gasteiger partial charge in [-0.1, -0.05) is 48.0 Å². The minimum Gasteiger partial charge on any atom is -0.481 e. The van der Waals surface area contributed by atoms with E-state index in [1.807, 2.05) is 19.1 Å². The molecule has 2 aliphatic carbocycles. The lowest BCUT2D eigenvalue weighted by Crippen LogP contribution is -2.20. The van der Waals surface area contributed by atoms with Crippen LogP contribution in [0.3, 0.4) is 0 Å². The second kappa shape index (κ2) is 12.8. The van der Waals surface area contributed by atoms with Gasteiger partial charge in [-0.3, -0.25) is 8.77 Å². The number of halogens is 1. The van der Waals surface area contributed by atoms with E-state index in [1.54, 1.807) is 37.1 Å². The van der Waals surface area contributed by atoms with Crippen LogP contribution >= 0.6 is 11.9 Å². The van der Waals surface area contributed by atoms with Crippen LogP contribution in [0.15, 0.2) is 83.3 Å². The molecule has 45 heavy (non-hydrogen) atoms. The van der Waals surface area contributed by atoms with Gasteiger partial charge in [0.2, 0.25) is 0 Å². The van der Waals surface area contributed by atoms with Crippen LogP contribution in [0.2, 0.25) is 0 Å². The SMILES string of the molecule is Cc1ccc2c(c1)c(-c1c(C#N)cccc1C#N)c(-c1cccc(C3CCC(C(=O)O)CC3)c1)n2SC1=CC=C(C(C)F)CC1. The fourth-order valence-corrected chi connectivity index (χ4v) is 7.87. The van der Waals surface area contributed by atoms with Crippen LogP contribution in [0.5, 0.6) is 0 Å². The maximum absolute atomic E-state index is 14.1. The first-order chi connectivity index (χ1) is 21.8. The van der Waals surface area contributed by atoms with Crippen molar-refractivity contribution in [1.29, 1.82) is 10.5 Å². The number of rotatable bonds is 7. The highest BCUT2D eigenvalue weighted by Crippen LogP contribution is 2.48.